The molecule has 2 heterocycles. The van der Waals surface area contributed by atoms with E-state index in [0.29, 0.717) is 12.0 Å². The lowest BCUT2D eigenvalue weighted by molar-refractivity contribution is -0.734. The molecule has 0 bridgehead atoms. The largest absolute Gasteiger partial charge is 0.569 e. The molecule has 1 N–H and O–H groups in total. The molecule has 3 aromatic rings. The molecule has 2 atom stereocenters. The van der Waals surface area contributed by atoms with Crippen LogP contribution in [0.25, 0.3) is 16.9 Å². The maximum atomic E-state index is 13.5. The lowest BCUT2D eigenvalue weighted by Gasteiger charge is -2.34. The van der Waals surface area contributed by atoms with E-state index in [1.807, 2.05) is 6.92 Å². The van der Waals surface area contributed by atoms with Gasteiger partial charge in [-0.15, -0.1) is 5.01 Å². The molecule has 1 fully saturated rings. The van der Waals surface area contributed by atoms with Gasteiger partial charge in [0.25, 0.3) is 16.3 Å². The molecule has 0 radical (unpaired) electrons. The van der Waals surface area contributed by atoms with Gasteiger partial charge in [0.2, 0.25) is 5.28 Å². The van der Waals surface area contributed by atoms with Gasteiger partial charge in [-0.2, -0.15) is 18.3 Å². The molecule has 46 heavy (non-hydrogen) atoms. The zero-order valence-electron chi connectivity index (χ0n) is 25.1. The number of carbonyl (C=O) groups excluding carboxylic acids is 2. The second-order valence-corrected chi connectivity index (χ2v) is 12.3. The number of sulfonamides is 1. The number of esters is 1. The highest BCUT2D eigenvalue weighted by molar-refractivity contribution is 7.90. The number of nitrogens with zero attached hydrogens (tertiary/aromatic N) is 5. The Morgan fingerprint density at radius 1 is 1.13 bits per heavy atom. The van der Waals surface area contributed by atoms with Gasteiger partial charge < -0.3 is 14.7 Å². The number of aryl methyl sites for hydroxylation is 1. The van der Waals surface area contributed by atoms with Crippen molar-refractivity contribution in [1.29, 1.82) is 0 Å². The van der Waals surface area contributed by atoms with Crippen molar-refractivity contribution in [2.75, 3.05) is 13.2 Å². The molecule has 1 unspecified atom stereocenters. The van der Waals surface area contributed by atoms with E-state index in [1.165, 1.54) is 19.1 Å². The Morgan fingerprint density at radius 2 is 1.78 bits per heavy atom. The summed E-state index contributed by atoms with van der Waals surface area (Å²) in [4.78, 5) is 28.5. The van der Waals surface area contributed by atoms with Crippen LogP contribution in [-0.2, 0) is 35.3 Å². The average Bonchev–Trinajstić information content (AvgIpc) is 3.42. The highest BCUT2D eigenvalue weighted by Gasteiger charge is 2.37. The summed E-state index contributed by atoms with van der Waals surface area (Å²) in [7, 11) is -4.44. The molecular weight excluding hydrogens is 637 g/mol. The Bertz CT molecular complexity index is 1690. The first-order valence-corrected chi connectivity index (χ1v) is 15.4. The number of hydrogen-bond acceptors (Lipinski definition) is 10. The highest BCUT2D eigenvalue weighted by Crippen LogP contribution is 2.33. The summed E-state index contributed by atoms with van der Waals surface area (Å²) in [6, 6.07) is 11.7. The molecule has 14 nitrogen and oxygen atoms in total. The van der Waals surface area contributed by atoms with Crippen LogP contribution in [0.4, 0.5) is 18.0 Å². The Hall–Kier alpha value is -4.87. The van der Waals surface area contributed by atoms with Crippen LogP contribution in [0.1, 0.15) is 38.4 Å². The second kappa shape index (κ2) is 13.6. The summed E-state index contributed by atoms with van der Waals surface area (Å²) in [5, 5.41) is 20.4. The Kier molecular flexibility index (Phi) is 10.1. The molecule has 1 aromatic heterocycles. The Morgan fingerprint density at radius 3 is 2.35 bits per heavy atom. The number of ether oxygens (including phenoxy) is 2. The number of amides is 1. The SMILES string of the molecule is Cc1ccc(-c2cc(C(F)(F)F)nn2-c2ccc(S(=O)(=O)NC(=O)OC[C@@H]3CCN3/[N+]([O-])=N/OC(C)OC(=O)C(C)C)cc2)cc1. The Balaban J connectivity index is 1.37. The summed E-state index contributed by atoms with van der Waals surface area (Å²) >= 11 is 0. The number of halogens is 3. The molecule has 1 amide bonds. The number of nitrogens with one attached hydrogen (secondary N) is 1. The van der Waals surface area contributed by atoms with E-state index in [9.17, 15) is 36.4 Å². The highest BCUT2D eigenvalue weighted by atomic mass is 32.2. The van der Waals surface area contributed by atoms with E-state index in [2.05, 4.69) is 10.4 Å². The van der Waals surface area contributed by atoms with Crippen LogP contribution in [-0.4, -0.2) is 65.7 Å². The lowest BCUT2D eigenvalue weighted by atomic mass is 10.1. The molecule has 2 aromatic carbocycles. The molecule has 0 aliphatic carbocycles. The van der Waals surface area contributed by atoms with Gasteiger partial charge in [0.15, 0.2) is 5.69 Å². The van der Waals surface area contributed by atoms with Gasteiger partial charge in [0.05, 0.1) is 33.7 Å². The minimum absolute atomic E-state index is 0.106. The lowest BCUT2D eigenvalue weighted by Crippen LogP contribution is -2.54. The van der Waals surface area contributed by atoms with Crippen molar-refractivity contribution in [2.24, 2.45) is 11.2 Å². The maximum Gasteiger partial charge on any atom is 0.435 e. The predicted molar refractivity (Wildman–Crippen MR) is 153 cm³/mol. The molecular formula is C28H31F3N6O8S. The molecule has 248 valence electrons. The van der Waals surface area contributed by atoms with Crippen LogP contribution in [0, 0.1) is 18.0 Å². The smallest absolute Gasteiger partial charge is 0.435 e. The summed E-state index contributed by atoms with van der Waals surface area (Å²) in [5.41, 5.74) is 0.512. The summed E-state index contributed by atoms with van der Waals surface area (Å²) in [6.45, 7) is 6.32. The van der Waals surface area contributed by atoms with Crippen molar-refractivity contribution in [1.82, 2.24) is 19.5 Å². The zero-order valence-corrected chi connectivity index (χ0v) is 25.9. The van der Waals surface area contributed by atoms with E-state index in [0.717, 1.165) is 33.5 Å². The zero-order chi connectivity index (χ0) is 33.8. The summed E-state index contributed by atoms with van der Waals surface area (Å²) in [6.07, 6.45) is -6.74. The van der Waals surface area contributed by atoms with E-state index in [1.54, 1.807) is 42.8 Å². The van der Waals surface area contributed by atoms with Crippen molar-refractivity contribution < 1.29 is 50.5 Å². The van der Waals surface area contributed by atoms with Crippen LogP contribution in [0.15, 0.2) is 64.8 Å². The van der Waals surface area contributed by atoms with E-state index < -0.39 is 52.2 Å². The molecule has 1 aliphatic heterocycles. The third kappa shape index (κ3) is 8.23. The van der Waals surface area contributed by atoms with Crippen molar-refractivity contribution >= 4 is 22.1 Å². The quantitative estimate of drug-likeness (QED) is 0.0994. The van der Waals surface area contributed by atoms with E-state index in [4.69, 9.17) is 14.3 Å². The second-order valence-electron chi connectivity index (χ2n) is 10.6. The first-order valence-electron chi connectivity index (χ1n) is 13.9. The van der Waals surface area contributed by atoms with E-state index in [-0.39, 0.29) is 34.4 Å². The van der Waals surface area contributed by atoms with E-state index >= 15 is 0 Å². The van der Waals surface area contributed by atoms with Crippen molar-refractivity contribution in [2.45, 2.75) is 57.5 Å². The standard InChI is InChI=1S/C28H31F3N6O8S/c1-17(2)26(38)44-19(4)45-34-37(40)35-14-13-22(35)16-43-27(39)33-46(41,42)23-11-9-21(10-12-23)36-24(15-25(32-36)28(29,30)31)20-7-5-18(3)6-8-20/h5-12,15,17,19,22H,13-14,16H2,1-4H3,(H,33,39)/b37-34-/t19?,22-/m0/s1. The fourth-order valence-corrected chi connectivity index (χ4v) is 4.97. The number of carbonyl (C=O) groups is 2. The normalized spacial score (nSPS) is 16.0. The third-order valence-electron chi connectivity index (χ3n) is 6.71. The number of rotatable bonds is 11. The molecule has 0 saturated carbocycles. The molecule has 4 rings (SSSR count). The first-order chi connectivity index (χ1) is 21.5. The van der Waals surface area contributed by atoms with Crippen LogP contribution in [0.5, 0.6) is 0 Å². The van der Waals surface area contributed by atoms with Gasteiger partial charge in [0, 0.05) is 12.5 Å². The van der Waals surface area contributed by atoms with Gasteiger partial charge in [-0.3, -0.25) is 9.63 Å². The van der Waals surface area contributed by atoms with Crippen LogP contribution < -0.4 is 4.72 Å². The fourth-order valence-electron chi connectivity index (χ4n) is 4.08. The number of benzene rings is 2. The van der Waals surface area contributed by atoms with Gasteiger partial charge in [-0.05, 0) is 43.7 Å². The maximum absolute atomic E-state index is 13.5. The topological polar surface area (TPSA) is 167 Å². The Labute approximate surface area is 261 Å². The monoisotopic (exact) mass is 668 g/mol. The first kappa shape index (κ1) is 34.0. The number of hydrazine groups is 1. The van der Waals surface area contributed by atoms with Crippen LogP contribution >= 0.6 is 0 Å². The molecule has 0 spiro atoms. The number of alkyl halides is 3. The van der Waals surface area contributed by atoms with Crippen LogP contribution in [0.2, 0.25) is 0 Å². The molecule has 1 aliphatic rings. The van der Waals surface area contributed by atoms with Gasteiger partial charge in [-0.25, -0.2) is 22.6 Å². The number of aromatic nitrogens is 2. The minimum atomic E-state index is -4.72. The molecule has 1 saturated heterocycles. The average molecular weight is 669 g/mol. The molecule has 18 heteroatoms. The summed E-state index contributed by atoms with van der Waals surface area (Å²) in [5.74, 6) is -0.951. The van der Waals surface area contributed by atoms with Crippen molar-refractivity contribution in [3.8, 4) is 16.9 Å². The summed E-state index contributed by atoms with van der Waals surface area (Å²) < 4.78 is 78.8. The predicted octanol–water partition coefficient (Wildman–Crippen LogP) is 4.71. The van der Waals surface area contributed by atoms with Gasteiger partial charge >= 0.3 is 18.2 Å². The van der Waals surface area contributed by atoms with Crippen molar-refractivity contribution in [3.63, 3.8) is 0 Å². The number of hydrogen-bond donors (Lipinski definition) is 1. The van der Waals surface area contributed by atoms with Crippen LogP contribution in [0.3, 0.4) is 0 Å². The van der Waals surface area contributed by atoms with Gasteiger partial charge in [-0.1, -0.05) is 43.7 Å². The fraction of sp³-hybridized carbons (Fsp3) is 0.393. The van der Waals surface area contributed by atoms with Crippen molar-refractivity contribution in [3.05, 3.63) is 71.1 Å². The third-order valence-corrected chi connectivity index (χ3v) is 8.04. The minimum Gasteiger partial charge on any atom is -0.569 e. The van der Waals surface area contributed by atoms with Gasteiger partial charge in [0.1, 0.15) is 12.6 Å².